The first kappa shape index (κ1) is 15.4. The van der Waals surface area contributed by atoms with Gasteiger partial charge in [0, 0.05) is 17.5 Å². The Morgan fingerprint density at radius 1 is 1.29 bits per heavy atom. The van der Waals surface area contributed by atoms with Gasteiger partial charge in [-0.15, -0.1) is 0 Å². The maximum Gasteiger partial charge on any atom is 0.224 e. The maximum absolute atomic E-state index is 12.5. The third-order valence-electron chi connectivity index (χ3n) is 5.05. The molecule has 1 amide bonds. The van der Waals surface area contributed by atoms with Crippen LogP contribution in [0.15, 0.2) is 36.5 Å². The van der Waals surface area contributed by atoms with Crippen molar-refractivity contribution in [2.75, 3.05) is 19.7 Å². The molecule has 4 rings (SSSR count). The number of carbonyl (C=O) groups excluding carboxylic acids is 1. The van der Waals surface area contributed by atoms with Gasteiger partial charge in [-0.3, -0.25) is 9.78 Å². The normalized spacial score (nSPS) is 25.3. The van der Waals surface area contributed by atoms with Crippen molar-refractivity contribution in [1.29, 1.82) is 0 Å². The largest absolute Gasteiger partial charge is 0.490 e. The Bertz CT molecular complexity index is 759. The Morgan fingerprint density at radius 2 is 2.04 bits per heavy atom. The van der Waals surface area contributed by atoms with E-state index in [4.69, 9.17) is 4.74 Å². The van der Waals surface area contributed by atoms with Crippen LogP contribution in [0.25, 0.3) is 10.9 Å². The zero-order chi connectivity index (χ0) is 16.7. The molecule has 5 nitrogen and oxygen atoms in total. The van der Waals surface area contributed by atoms with E-state index in [0.29, 0.717) is 18.4 Å². The van der Waals surface area contributed by atoms with Gasteiger partial charge in [-0.2, -0.15) is 0 Å². The summed E-state index contributed by atoms with van der Waals surface area (Å²) in [7, 11) is 0. The molecule has 0 radical (unpaired) electrons. The van der Waals surface area contributed by atoms with E-state index in [1.165, 1.54) is 0 Å². The summed E-state index contributed by atoms with van der Waals surface area (Å²) in [6.45, 7) is 6.38. The smallest absolute Gasteiger partial charge is 0.224 e. The Balaban J connectivity index is 1.39. The topological polar surface area (TPSA) is 63.2 Å². The molecule has 3 atom stereocenters. The average Bonchev–Trinajstić information content (AvgIpc) is 3.06. The number of nitrogens with zero attached hydrogens (tertiary/aromatic N) is 1. The minimum Gasteiger partial charge on any atom is -0.490 e. The lowest BCUT2D eigenvalue weighted by Gasteiger charge is -2.27. The minimum absolute atomic E-state index is 0.166. The molecule has 24 heavy (non-hydrogen) atoms. The van der Waals surface area contributed by atoms with E-state index in [0.717, 1.165) is 29.7 Å². The number of hydrogen-bond acceptors (Lipinski definition) is 4. The van der Waals surface area contributed by atoms with Crippen LogP contribution in [0.4, 0.5) is 0 Å². The van der Waals surface area contributed by atoms with Gasteiger partial charge >= 0.3 is 0 Å². The van der Waals surface area contributed by atoms with E-state index < -0.39 is 5.54 Å². The molecule has 2 aromatic rings. The number of para-hydroxylation sites is 1. The van der Waals surface area contributed by atoms with Crippen molar-refractivity contribution in [3.63, 3.8) is 0 Å². The van der Waals surface area contributed by atoms with Gasteiger partial charge in [0.05, 0.1) is 11.1 Å². The predicted octanol–water partition coefficient (Wildman–Crippen LogP) is 1.97. The highest BCUT2D eigenvalue weighted by molar-refractivity contribution is 5.85. The zero-order valence-electron chi connectivity index (χ0n) is 14.1. The van der Waals surface area contributed by atoms with Gasteiger partial charge < -0.3 is 15.4 Å². The van der Waals surface area contributed by atoms with Crippen molar-refractivity contribution in [3.05, 3.63) is 36.5 Å². The Morgan fingerprint density at radius 3 is 2.83 bits per heavy atom. The molecule has 2 N–H and O–H groups in total. The Labute approximate surface area is 141 Å². The number of pyridine rings is 1. The molecule has 1 aliphatic heterocycles. The van der Waals surface area contributed by atoms with Gasteiger partial charge in [-0.05, 0) is 57.0 Å². The van der Waals surface area contributed by atoms with Crippen LogP contribution < -0.4 is 15.4 Å². The van der Waals surface area contributed by atoms with E-state index in [9.17, 15) is 4.79 Å². The number of rotatable bonds is 5. The number of carbonyl (C=O) groups is 1. The number of fused-ring (bicyclic) bond motifs is 2. The van der Waals surface area contributed by atoms with Crippen molar-refractivity contribution in [2.24, 2.45) is 17.8 Å². The highest BCUT2D eigenvalue weighted by Gasteiger charge is 2.57. The van der Waals surface area contributed by atoms with Crippen molar-refractivity contribution in [2.45, 2.75) is 19.4 Å². The predicted molar refractivity (Wildman–Crippen MR) is 92.8 cm³/mol. The molecular formula is C19H23N3O2. The lowest BCUT2D eigenvalue weighted by molar-refractivity contribution is -0.125. The molecule has 2 aliphatic rings. The Kier molecular flexibility index (Phi) is 3.68. The second-order valence-electron chi connectivity index (χ2n) is 7.50. The lowest BCUT2D eigenvalue weighted by Crippen LogP contribution is -2.49. The Hall–Kier alpha value is -2.14. The summed E-state index contributed by atoms with van der Waals surface area (Å²) in [5, 5.41) is 7.47. The van der Waals surface area contributed by atoms with E-state index in [2.05, 4.69) is 15.6 Å². The van der Waals surface area contributed by atoms with Crippen LogP contribution in [0.2, 0.25) is 0 Å². The van der Waals surface area contributed by atoms with E-state index >= 15 is 0 Å². The van der Waals surface area contributed by atoms with E-state index in [1.54, 1.807) is 6.20 Å². The number of piperidine rings is 1. The monoisotopic (exact) mass is 325 g/mol. The number of amides is 1. The van der Waals surface area contributed by atoms with Gasteiger partial charge in [0.25, 0.3) is 0 Å². The lowest BCUT2D eigenvalue weighted by atomic mass is 10.1. The first-order chi connectivity index (χ1) is 11.6. The molecule has 0 bridgehead atoms. The summed E-state index contributed by atoms with van der Waals surface area (Å²) < 4.78 is 6.01. The number of ether oxygens (including phenoxy) is 1. The summed E-state index contributed by atoms with van der Waals surface area (Å²) in [6, 6.07) is 9.78. The number of benzene rings is 1. The number of nitrogens with one attached hydrogen (secondary N) is 2. The fourth-order valence-corrected chi connectivity index (χ4v) is 3.71. The third-order valence-corrected chi connectivity index (χ3v) is 5.05. The standard InChI is InChI=1S/C19H23N3O2/c1-19(2,22-18(23)17-13-9-20-10-14(13)17)11-24-16-7-8-21-15-6-4-3-5-12(15)16/h3-8,13-14,17,20H,9-11H2,1-2H3,(H,22,23)/t13-,14?,17+/m1/s1. The van der Waals surface area contributed by atoms with Crippen LogP contribution in [-0.2, 0) is 4.79 Å². The molecule has 1 aromatic heterocycles. The van der Waals surface area contributed by atoms with E-state index in [1.807, 2.05) is 44.2 Å². The molecule has 1 unspecified atom stereocenters. The van der Waals surface area contributed by atoms with Gasteiger partial charge in [-0.1, -0.05) is 12.1 Å². The zero-order valence-corrected chi connectivity index (χ0v) is 14.1. The van der Waals surface area contributed by atoms with Gasteiger partial charge in [0.2, 0.25) is 5.91 Å². The molecule has 1 aliphatic carbocycles. The second kappa shape index (κ2) is 5.74. The molecule has 2 fully saturated rings. The fraction of sp³-hybridized carbons (Fsp3) is 0.474. The number of hydrogen-bond donors (Lipinski definition) is 2. The summed E-state index contributed by atoms with van der Waals surface area (Å²) in [6.07, 6.45) is 1.75. The fourth-order valence-electron chi connectivity index (χ4n) is 3.71. The molecule has 2 heterocycles. The SMILES string of the molecule is CC(C)(COc1ccnc2ccccc12)NC(=O)[C@@H]1C2CNC[C@H]21. The van der Waals surface area contributed by atoms with Crippen LogP contribution in [0.5, 0.6) is 5.75 Å². The molecule has 1 saturated carbocycles. The summed E-state index contributed by atoms with van der Waals surface area (Å²) >= 11 is 0. The highest BCUT2D eigenvalue weighted by Crippen LogP contribution is 2.48. The summed E-state index contributed by atoms with van der Waals surface area (Å²) in [5.41, 5.74) is 0.501. The van der Waals surface area contributed by atoms with Crippen LogP contribution in [0, 0.1) is 17.8 Å². The minimum atomic E-state index is -0.411. The van der Waals surface area contributed by atoms with Crippen molar-refractivity contribution in [1.82, 2.24) is 15.6 Å². The first-order valence-electron chi connectivity index (χ1n) is 8.54. The molecule has 0 spiro atoms. The van der Waals surface area contributed by atoms with Crippen LogP contribution >= 0.6 is 0 Å². The second-order valence-corrected chi connectivity index (χ2v) is 7.50. The summed E-state index contributed by atoms with van der Waals surface area (Å²) in [5.74, 6) is 2.22. The van der Waals surface area contributed by atoms with Gasteiger partial charge in [0.15, 0.2) is 0 Å². The average molecular weight is 325 g/mol. The van der Waals surface area contributed by atoms with Crippen LogP contribution in [0.3, 0.4) is 0 Å². The summed E-state index contributed by atoms with van der Waals surface area (Å²) in [4.78, 5) is 16.8. The molecular weight excluding hydrogens is 302 g/mol. The van der Waals surface area contributed by atoms with Gasteiger partial charge in [0.1, 0.15) is 12.4 Å². The highest BCUT2D eigenvalue weighted by atomic mass is 16.5. The van der Waals surface area contributed by atoms with Crippen molar-refractivity contribution in [3.8, 4) is 5.75 Å². The molecule has 5 heteroatoms. The van der Waals surface area contributed by atoms with Gasteiger partial charge in [-0.25, -0.2) is 0 Å². The molecule has 1 saturated heterocycles. The van der Waals surface area contributed by atoms with Crippen LogP contribution in [0.1, 0.15) is 13.8 Å². The quantitative estimate of drug-likeness (QED) is 0.882. The van der Waals surface area contributed by atoms with Crippen molar-refractivity contribution < 1.29 is 9.53 Å². The third kappa shape index (κ3) is 2.84. The molecule has 1 aromatic carbocycles. The van der Waals surface area contributed by atoms with Crippen molar-refractivity contribution >= 4 is 16.8 Å². The first-order valence-corrected chi connectivity index (χ1v) is 8.54. The van der Waals surface area contributed by atoms with Crippen LogP contribution in [-0.4, -0.2) is 36.1 Å². The van der Waals surface area contributed by atoms with E-state index in [-0.39, 0.29) is 11.8 Å². The number of aromatic nitrogens is 1. The maximum atomic E-state index is 12.5. The molecule has 126 valence electrons.